The van der Waals surface area contributed by atoms with Gasteiger partial charge in [0.2, 0.25) is 5.82 Å². The topological polar surface area (TPSA) is 18.5 Å². The Morgan fingerprint density at radius 1 is 0.828 bits per heavy atom. The third kappa shape index (κ3) is 5.26. The average molecular weight is 406 g/mol. The van der Waals surface area contributed by atoms with E-state index in [1.165, 1.54) is 49.9 Å². The minimum absolute atomic E-state index is 0.00866. The van der Waals surface area contributed by atoms with Crippen LogP contribution in [0.3, 0.4) is 0 Å². The molecule has 0 N–H and O–H groups in total. The highest BCUT2D eigenvalue weighted by molar-refractivity contribution is 5.66. The van der Waals surface area contributed by atoms with Crippen LogP contribution in [0.4, 0.5) is 13.2 Å². The van der Waals surface area contributed by atoms with Crippen LogP contribution < -0.4 is 9.47 Å². The molecule has 1 saturated carbocycles. The minimum Gasteiger partial charge on any atom is -0.491 e. The molecule has 1 aliphatic rings. The van der Waals surface area contributed by atoms with Gasteiger partial charge >= 0.3 is 0 Å². The highest BCUT2D eigenvalue weighted by Crippen LogP contribution is 2.34. The van der Waals surface area contributed by atoms with Crippen molar-refractivity contribution in [3.05, 3.63) is 47.8 Å². The summed E-state index contributed by atoms with van der Waals surface area (Å²) >= 11 is 0. The van der Waals surface area contributed by atoms with Crippen molar-refractivity contribution in [2.24, 2.45) is 11.8 Å². The van der Waals surface area contributed by atoms with Crippen LogP contribution in [0.5, 0.6) is 11.5 Å². The normalized spacial score (nSPS) is 19.2. The van der Waals surface area contributed by atoms with E-state index in [2.05, 4.69) is 6.92 Å². The van der Waals surface area contributed by atoms with E-state index in [-0.39, 0.29) is 29.2 Å². The molecule has 0 atom stereocenters. The molecule has 0 unspecified atom stereocenters. The second-order valence-electron chi connectivity index (χ2n) is 7.80. The van der Waals surface area contributed by atoms with E-state index in [0.717, 1.165) is 18.8 Å². The molecule has 2 nitrogen and oxygen atoms in total. The Balaban J connectivity index is 1.64. The zero-order valence-corrected chi connectivity index (χ0v) is 17.1. The molecule has 0 bridgehead atoms. The molecule has 29 heavy (non-hydrogen) atoms. The molecule has 0 amide bonds. The highest BCUT2D eigenvalue weighted by atomic mass is 19.2. The molecule has 0 saturated heterocycles. The van der Waals surface area contributed by atoms with Gasteiger partial charge in [-0.3, -0.25) is 0 Å². The number of halogens is 3. The monoisotopic (exact) mass is 406 g/mol. The van der Waals surface area contributed by atoms with E-state index in [9.17, 15) is 13.2 Å². The van der Waals surface area contributed by atoms with Crippen molar-refractivity contribution >= 4 is 0 Å². The lowest BCUT2D eigenvalue weighted by molar-refractivity contribution is 0.174. The summed E-state index contributed by atoms with van der Waals surface area (Å²) < 4.78 is 53.7. The maximum atomic E-state index is 14.5. The van der Waals surface area contributed by atoms with Crippen molar-refractivity contribution in [3.63, 3.8) is 0 Å². The van der Waals surface area contributed by atoms with Gasteiger partial charge in [-0.15, -0.1) is 0 Å². The number of hydrogen-bond acceptors (Lipinski definition) is 2. The molecule has 3 rings (SSSR count). The number of hydrogen-bond donors (Lipinski definition) is 0. The van der Waals surface area contributed by atoms with E-state index in [1.54, 1.807) is 13.0 Å². The zero-order valence-electron chi connectivity index (χ0n) is 17.1. The summed E-state index contributed by atoms with van der Waals surface area (Å²) in [4.78, 5) is 0. The smallest absolute Gasteiger partial charge is 0.201 e. The maximum Gasteiger partial charge on any atom is 0.201 e. The molecule has 0 heterocycles. The predicted octanol–water partition coefficient (Wildman–Crippen LogP) is 7.15. The molecule has 1 fully saturated rings. The van der Waals surface area contributed by atoms with Gasteiger partial charge in [0.25, 0.3) is 0 Å². The lowest BCUT2D eigenvalue weighted by Crippen LogP contribution is -2.20. The zero-order chi connectivity index (χ0) is 20.8. The van der Waals surface area contributed by atoms with E-state index in [4.69, 9.17) is 9.47 Å². The van der Waals surface area contributed by atoms with E-state index in [0.29, 0.717) is 12.5 Å². The number of ether oxygens (including phenoxy) is 2. The van der Waals surface area contributed by atoms with E-state index < -0.39 is 17.5 Å². The van der Waals surface area contributed by atoms with Gasteiger partial charge in [-0.2, -0.15) is 4.39 Å². The highest BCUT2D eigenvalue weighted by Gasteiger charge is 2.22. The van der Waals surface area contributed by atoms with Crippen LogP contribution in [-0.4, -0.2) is 13.2 Å². The Morgan fingerprint density at radius 2 is 1.52 bits per heavy atom. The lowest BCUT2D eigenvalue weighted by atomic mass is 9.80. The van der Waals surface area contributed by atoms with Crippen LogP contribution in [0.15, 0.2) is 30.3 Å². The first-order chi connectivity index (χ1) is 14.0. The molecule has 2 aromatic carbocycles. The second-order valence-corrected chi connectivity index (χ2v) is 7.80. The molecule has 1 aliphatic carbocycles. The molecule has 0 spiro atoms. The minimum atomic E-state index is -1.07. The summed E-state index contributed by atoms with van der Waals surface area (Å²) in [5.74, 6) is -1.43. The summed E-state index contributed by atoms with van der Waals surface area (Å²) in [5, 5.41) is 0. The van der Waals surface area contributed by atoms with Gasteiger partial charge in [-0.25, -0.2) is 8.78 Å². The molecule has 0 radical (unpaired) electrons. The standard InChI is InChI=1S/C24H29F3O2/c1-3-5-16-6-8-17(9-7-16)15-29-21-12-10-18(14-20(21)25)19-11-13-22(28-4-2)24(27)23(19)26/h10-14,16-17H,3-9,15H2,1-2H3. The summed E-state index contributed by atoms with van der Waals surface area (Å²) in [6.45, 7) is 4.63. The second kappa shape index (κ2) is 10.0. The Labute approximate surface area is 171 Å². The van der Waals surface area contributed by atoms with Crippen LogP contribution >= 0.6 is 0 Å². The summed E-state index contributed by atoms with van der Waals surface area (Å²) in [6.07, 6.45) is 7.16. The molecular weight excluding hydrogens is 377 g/mol. The van der Waals surface area contributed by atoms with E-state index in [1.807, 2.05) is 0 Å². The molecule has 158 valence electrons. The molecule has 2 aromatic rings. The Bertz CT molecular complexity index is 814. The van der Waals surface area contributed by atoms with Crippen molar-refractivity contribution in [1.82, 2.24) is 0 Å². The van der Waals surface area contributed by atoms with Crippen molar-refractivity contribution < 1.29 is 22.6 Å². The first kappa shape index (κ1) is 21.5. The lowest BCUT2D eigenvalue weighted by Gasteiger charge is -2.28. The fourth-order valence-corrected chi connectivity index (χ4v) is 4.11. The van der Waals surface area contributed by atoms with Crippen molar-refractivity contribution in [1.29, 1.82) is 0 Å². The third-order valence-electron chi connectivity index (χ3n) is 5.73. The van der Waals surface area contributed by atoms with Crippen LogP contribution in [0, 0.1) is 29.3 Å². The van der Waals surface area contributed by atoms with Crippen molar-refractivity contribution in [2.75, 3.05) is 13.2 Å². The van der Waals surface area contributed by atoms with E-state index >= 15 is 0 Å². The molecular formula is C24H29F3O2. The third-order valence-corrected chi connectivity index (χ3v) is 5.73. The Hall–Kier alpha value is -2.17. The van der Waals surface area contributed by atoms with Crippen LogP contribution in [-0.2, 0) is 0 Å². The van der Waals surface area contributed by atoms with Gasteiger partial charge in [-0.05, 0) is 61.4 Å². The van der Waals surface area contributed by atoms with Crippen LogP contribution in [0.1, 0.15) is 52.4 Å². The van der Waals surface area contributed by atoms with Gasteiger partial charge in [0.1, 0.15) is 0 Å². The van der Waals surface area contributed by atoms with Gasteiger partial charge in [-0.1, -0.05) is 38.7 Å². The molecule has 0 aliphatic heterocycles. The first-order valence-electron chi connectivity index (χ1n) is 10.6. The van der Waals surface area contributed by atoms with Gasteiger partial charge in [0.05, 0.1) is 13.2 Å². The van der Waals surface area contributed by atoms with Gasteiger partial charge in [0, 0.05) is 5.56 Å². The average Bonchev–Trinajstić information content (AvgIpc) is 2.72. The maximum absolute atomic E-state index is 14.5. The van der Waals surface area contributed by atoms with Crippen LogP contribution in [0.25, 0.3) is 11.1 Å². The summed E-state index contributed by atoms with van der Waals surface area (Å²) in [6, 6.07) is 6.98. The predicted molar refractivity (Wildman–Crippen MR) is 109 cm³/mol. The van der Waals surface area contributed by atoms with Crippen LogP contribution in [0.2, 0.25) is 0 Å². The Kier molecular flexibility index (Phi) is 7.45. The summed E-state index contributed by atoms with van der Waals surface area (Å²) in [5.41, 5.74) is 0.250. The fourth-order valence-electron chi connectivity index (χ4n) is 4.11. The summed E-state index contributed by atoms with van der Waals surface area (Å²) in [7, 11) is 0. The first-order valence-corrected chi connectivity index (χ1v) is 10.6. The molecule has 5 heteroatoms. The number of benzene rings is 2. The molecule has 0 aromatic heterocycles. The fraction of sp³-hybridized carbons (Fsp3) is 0.500. The largest absolute Gasteiger partial charge is 0.491 e. The van der Waals surface area contributed by atoms with Crippen molar-refractivity contribution in [2.45, 2.75) is 52.4 Å². The van der Waals surface area contributed by atoms with Gasteiger partial charge < -0.3 is 9.47 Å². The number of rotatable bonds is 8. The van der Waals surface area contributed by atoms with Gasteiger partial charge in [0.15, 0.2) is 23.1 Å². The quantitative estimate of drug-likeness (QED) is 0.463. The SMILES string of the molecule is CCCC1CCC(COc2ccc(-c3ccc(OCC)c(F)c3F)cc2F)CC1. The Morgan fingerprint density at radius 3 is 2.17 bits per heavy atom. The van der Waals surface area contributed by atoms with Crippen molar-refractivity contribution in [3.8, 4) is 22.6 Å².